The van der Waals surface area contributed by atoms with Crippen molar-refractivity contribution in [2.75, 3.05) is 6.61 Å². The minimum atomic E-state index is -0.305. The monoisotopic (exact) mass is 238 g/mol. The van der Waals surface area contributed by atoms with Crippen molar-refractivity contribution in [1.82, 2.24) is 0 Å². The zero-order chi connectivity index (χ0) is 11.4. The number of hydrogen-bond donors (Lipinski definition) is 1. The van der Waals surface area contributed by atoms with Crippen molar-refractivity contribution in [3.8, 4) is 5.75 Å². The fraction of sp³-hybridized carbons (Fsp3) is 0.385. The number of fused-ring (bicyclic) bond motifs is 1. The molecule has 1 aromatic rings. The lowest BCUT2D eigenvalue weighted by atomic mass is 9.89. The molecule has 0 heterocycles. The second kappa shape index (κ2) is 5.37. The van der Waals surface area contributed by atoms with Gasteiger partial charge in [0, 0.05) is 5.54 Å². The lowest BCUT2D eigenvalue weighted by Crippen LogP contribution is -2.09. The van der Waals surface area contributed by atoms with Crippen LogP contribution in [-0.4, -0.2) is 11.7 Å². The molecule has 0 amide bonds. The number of ether oxygens (including phenoxy) is 1. The summed E-state index contributed by atoms with van der Waals surface area (Å²) < 4.78 is 5.49. The second-order valence-corrected chi connectivity index (χ2v) is 4.19. The highest BCUT2D eigenvalue weighted by molar-refractivity contribution is 6.25. The van der Waals surface area contributed by atoms with E-state index in [1.165, 1.54) is 11.1 Å². The number of aliphatic hydroxyl groups excluding tert-OH is 1. The molecule has 0 radical (unpaired) electrons. The summed E-state index contributed by atoms with van der Waals surface area (Å²) in [5.74, 6) is 0.836. The molecule has 1 aliphatic carbocycles. The molecular weight excluding hydrogens is 224 g/mol. The van der Waals surface area contributed by atoms with Crippen LogP contribution in [-0.2, 0) is 6.42 Å². The Hall–Kier alpha value is -0.990. The van der Waals surface area contributed by atoms with E-state index in [1.807, 2.05) is 18.2 Å². The van der Waals surface area contributed by atoms with Crippen molar-refractivity contribution in [2.24, 2.45) is 0 Å². The van der Waals surface area contributed by atoms with Crippen LogP contribution in [0.3, 0.4) is 0 Å². The van der Waals surface area contributed by atoms with E-state index in [0.717, 1.165) is 30.6 Å². The quantitative estimate of drug-likeness (QED) is 0.877. The molecule has 0 aromatic heterocycles. The molecule has 1 N–H and O–H groups in total. The van der Waals surface area contributed by atoms with E-state index in [1.54, 1.807) is 6.08 Å². The third-order valence-corrected chi connectivity index (χ3v) is 3.01. The highest BCUT2D eigenvalue weighted by Crippen LogP contribution is 2.31. The fourth-order valence-electron chi connectivity index (χ4n) is 2.04. The molecule has 3 heteroatoms. The van der Waals surface area contributed by atoms with Crippen LogP contribution in [0.5, 0.6) is 5.75 Å². The van der Waals surface area contributed by atoms with E-state index in [4.69, 9.17) is 16.3 Å². The molecule has 1 atom stereocenters. The Balaban J connectivity index is 2.12. The van der Waals surface area contributed by atoms with Gasteiger partial charge in [0.25, 0.3) is 0 Å². The van der Waals surface area contributed by atoms with Gasteiger partial charge in [-0.3, -0.25) is 0 Å². The van der Waals surface area contributed by atoms with Gasteiger partial charge in [-0.15, -0.1) is 0 Å². The van der Waals surface area contributed by atoms with Crippen molar-refractivity contribution in [2.45, 2.75) is 25.4 Å². The fourth-order valence-corrected chi connectivity index (χ4v) is 2.11. The third-order valence-electron chi connectivity index (χ3n) is 2.83. The molecule has 16 heavy (non-hydrogen) atoms. The van der Waals surface area contributed by atoms with E-state index >= 15 is 0 Å². The molecule has 0 spiro atoms. The summed E-state index contributed by atoms with van der Waals surface area (Å²) in [4.78, 5) is 0. The standard InChI is InChI=1S/C13H15ClO2/c14-7-2-8-16-11-5-6-12-10(9-11)3-1-4-13(12)15/h2,5-7,9,13,15H,1,3-4,8H2. The number of hydrogen-bond acceptors (Lipinski definition) is 2. The summed E-state index contributed by atoms with van der Waals surface area (Å²) in [7, 11) is 0. The Morgan fingerprint density at radius 2 is 2.38 bits per heavy atom. The van der Waals surface area contributed by atoms with Gasteiger partial charge in [-0.05, 0) is 48.6 Å². The minimum Gasteiger partial charge on any atom is -0.489 e. The van der Waals surface area contributed by atoms with E-state index in [-0.39, 0.29) is 6.10 Å². The van der Waals surface area contributed by atoms with Gasteiger partial charge in [0.15, 0.2) is 0 Å². The molecule has 1 unspecified atom stereocenters. The van der Waals surface area contributed by atoms with Gasteiger partial charge < -0.3 is 9.84 Å². The van der Waals surface area contributed by atoms with Crippen LogP contribution in [0.25, 0.3) is 0 Å². The van der Waals surface area contributed by atoms with Crippen molar-refractivity contribution >= 4 is 11.6 Å². The van der Waals surface area contributed by atoms with Crippen LogP contribution in [0.1, 0.15) is 30.1 Å². The smallest absolute Gasteiger partial charge is 0.120 e. The second-order valence-electron chi connectivity index (χ2n) is 3.94. The van der Waals surface area contributed by atoms with Gasteiger partial charge in [0.2, 0.25) is 0 Å². The van der Waals surface area contributed by atoms with Crippen LogP contribution in [0, 0.1) is 0 Å². The Labute approximate surface area is 101 Å². The first-order valence-corrected chi connectivity index (χ1v) is 5.94. The lowest BCUT2D eigenvalue weighted by molar-refractivity contribution is 0.156. The van der Waals surface area contributed by atoms with Gasteiger partial charge >= 0.3 is 0 Å². The minimum absolute atomic E-state index is 0.305. The van der Waals surface area contributed by atoms with Crippen molar-refractivity contribution in [1.29, 1.82) is 0 Å². The average molecular weight is 239 g/mol. The molecule has 2 nitrogen and oxygen atoms in total. The summed E-state index contributed by atoms with van der Waals surface area (Å²) in [6.07, 6.45) is 4.37. The van der Waals surface area contributed by atoms with Crippen molar-refractivity contribution < 1.29 is 9.84 Å². The maximum atomic E-state index is 9.80. The highest BCUT2D eigenvalue weighted by Gasteiger charge is 2.17. The van der Waals surface area contributed by atoms with Gasteiger partial charge in [0.1, 0.15) is 12.4 Å². The van der Waals surface area contributed by atoms with E-state index < -0.39 is 0 Å². The molecule has 0 fully saturated rings. The number of halogens is 1. The van der Waals surface area contributed by atoms with Crippen molar-refractivity contribution in [3.63, 3.8) is 0 Å². The zero-order valence-corrected chi connectivity index (χ0v) is 9.78. The average Bonchev–Trinajstić information content (AvgIpc) is 2.30. The zero-order valence-electron chi connectivity index (χ0n) is 9.03. The van der Waals surface area contributed by atoms with Crippen LogP contribution in [0.15, 0.2) is 29.8 Å². The molecule has 0 bridgehead atoms. The number of rotatable bonds is 3. The summed E-state index contributed by atoms with van der Waals surface area (Å²) in [5, 5.41) is 9.80. The molecular formula is C13H15ClO2. The molecule has 0 saturated heterocycles. The summed E-state index contributed by atoms with van der Waals surface area (Å²) in [6, 6.07) is 5.87. The van der Waals surface area contributed by atoms with E-state index in [2.05, 4.69) is 0 Å². The highest BCUT2D eigenvalue weighted by atomic mass is 35.5. The van der Waals surface area contributed by atoms with Crippen molar-refractivity contribution in [3.05, 3.63) is 40.9 Å². The maximum Gasteiger partial charge on any atom is 0.120 e. The number of benzene rings is 1. The molecule has 0 saturated carbocycles. The maximum absolute atomic E-state index is 9.80. The predicted octanol–water partition coefficient (Wildman–Crippen LogP) is 3.19. The van der Waals surface area contributed by atoms with Gasteiger partial charge in [-0.25, -0.2) is 0 Å². The largest absolute Gasteiger partial charge is 0.489 e. The Morgan fingerprint density at radius 1 is 1.50 bits per heavy atom. The van der Waals surface area contributed by atoms with Gasteiger partial charge in [-0.1, -0.05) is 17.7 Å². The van der Waals surface area contributed by atoms with Crippen LogP contribution >= 0.6 is 11.6 Å². The first-order chi connectivity index (χ1) is 7.81. The normalized spacial score (nSPS) is 19.8. The summed E-state index contributed by atoms with van der Waals surface area (Å²) in [5.41, 5.74) is 3.69. The topological polar surface area (TPSA) is 29.5 Å². The predicted molar refractivity (Wildman–Crippen MR) is 64.8 cm³/mol. The number of aryl methyl sites for hydroxylation is 1. The van der Waals surface area contributed by atoms with Gasteiger partial charge in [0.05, 0.1) is 6.10 Å². The van der Waals surface area contributed by atoms with Crippen LogP contribution in [0.2, 0.25) is 0 Å². The third kappa shape index (κ3) is 2.57. The first kappa shape index (κ1) is 11.5. The molecule has 86 valence electrons. The van der Waals surface area contributed by atoms with Crippen LogP contribution in [0.4, 0.5) is 0 Å². The molecule has 1 aromatic carbocycles. The van der Waals surface area contributed by atoms with Gasteiger partial charge in [-0.2, -0.15) is 0 Å². The number of aliphatic hydroxyl groups is 1. The first-order valence-electron chi connectivity index (χ1n) is 5.50. The SMILES string of the molecule is OC1CCCc2cc(OCC=CCl)ccc21. The Bertz CT molecular complexity index is 388. The van der Waals surface area contributed by atoms with E-state index in [0.29, 0.717) is 6.61 Å². The van der Waals surface area contributed by atoms with E-state index in [9.17, 15) is 5.11 Å². The molecule has 0 aliphatic heterocycles. The molecule has 1 aliphatic rings. The molecule has 2 rings (SSSR count). The summed E-state index contributed by atoms with van der Waals surface area (Å²) in [6.45, 7) is 0.477. The Morgan fingerprint density at radius 3 is 3.19 bits per heavy atom. The van der Waals surface area contributed by atoms with Crippen LogP contribution < -0.4 is 4.74 Å². The summed E-state index contributed by atoms with van der Waals surface area (Å²) >= 11 is 5.41. The lowest BCUT2D eigenvalue weighted by Gasteiger charge is -2.21. The Kier molecular flexibility index (Phi) is 3.86.